The third-order valence-corrected chi connectivity index (χ3v) is 7.08. The molecular weight excluding hydrogens is 468 g/mol. The van der Waals surface area contributed by atoms with Crippen LogP contribution in [-0.2, 0) is 29.5 Å². The van der Waals surface area contributed by atoms with Gasteiger partial charge < -0.3 is 14.4 Å². The van der Waals surface area contributed by atoms with Crippen molar-refractivity contribution in [1.82, 2.24) is 19.6 Å². The summed E-state index contributed by atoms with van der Waals surface area (Å²) in [7, 11) is 1.83. The number of carbonyl (C=O) groups is 2. The van der Waals surface area contributed by atoms with E-state index < -0.39 is 5.60 Å². The number of ether oxygens (including phenoxy) is 2. The minimum atomic E-state index is -0.598. The lowest BCUT2D eigenvalue weighted by Crippen LogP contribution is -2.46. The number of aryl methyl sites for hydroxylation is 1. The van der Waals surface area contributed by atoms with Gasteiger partial charge in [0.2, 0.25) is 0 Å². The normalized spacial score (nSPS) is 20.5. The summed E-state index contributed by atoms with van der Waals surface area (Å²) < 4.78 is 13.2. The number of benzene rings is 1. The molecule has 9 heteroatoms. The highest BCUT2D eigenvalue weighted by Gasteiger charge is 2.36. The molecule has 0 radical (unpaired) electrons. The van der Waals surface area contributed by atoms with Gasteiger partial charge in [0.1, 0.15) is 11.3 Å². The lowest BCUT2D eigenvalue weighted by Gasteiger charge is -2.39. The van der Waals surface area contributed by atoms with E-state index in [0.29, 0.717) is 55.9 Å². The topological polar surface area (TPSA) is 76.9 Å². The second-order valence-electron chi connectivity index (χ2n) is 10.7. The summed E-state index contributed by atoms with van der Waals surface area (Å²) in [5.74, 6) is 0.464. The number of nitrogens with zero attached hydrogens (tertiary/aromatic N) is 4. The maximum Gasteiger partial charge on any atom is 0.410 e. The molecule has 0 unspecified atom stereocenters. The van der Waals surface area contributed by atoms with E-state index in [4.69, 9.17) is 21.1 Å². The van der Waals surface area contributed by atoms with Crippen LogP contribution in [-0.4, -0.2) is 63.5 Å². The van der Waals surface area contributed by atoms with Crippen molar-refractivity contribution in [3.8, 4) is 0 Å². The first-order valence-electron chi connectivity index (χ1n) is 12.3. The fourth-order valence-electron chi connectivity index (χ4n) is 4.96. The molecule has 2 fully saturated rings. The summed E-state index contributed by atoms with van der Waals surface area (Å²) in [6.45, 7) is 7.87. The Bertz CT molecular complexity index is 1150. The van der Waals surface area contributed by atoms with Crippen molar-refractivity contribution in [1.29, 1.82) is 0 Å². The quantitative estimate of drug-likeness (QED) is 0.622. The van der Waals surface area contributed by atoms with Crippen LogP contribution in [0.2, 0.25) is 5.02 Å². The van der Waals surface area contributed by atoms with Gasteiger partial charge in [-0.1, -0.05) is 11.6 Å². The molecule has 35 heavy (non-hydrogen) atoms. The van der Waals surface area contributed by atoms with Gasteiger partial charge >= 0.3 is 6.09 Å². The number of aromatic nitrogens is 2. The third kappa shape index (κ3) is 5.05. The zero-order chi connectivity index (χ0) is 24.9. The van der Waals surface area contributed by atoms with Crippen LogP contribution in [0.3, 0.4) is 0 Å². The molecule has 1 aromatic heterocycles. The molecule has 0 spiro atoms. The van der Waals surface area contributed by atoms with Crippen molar-refractivity contribution in [3.63, 3.8) is 0 Å². The summed E-state index contributed by atoms with van der Waals surface area (Å²) >= 11 is 6.52. The molecule has 1 saturated heterocycles. The molecule has 3 aliphatic rings. The van der Waals surface area contributed by atoms with E-state index in [1.165, 1.54) is 0 Å². The number of rotatable bonds is 3. The SMILES string of the molecule is Cn1nc(C2CC2)cc1C(=O)N1CCc2cc(Cl)cc([C@@H]3COCCN3C(=O)OC(C)(C)C)c2C1. The molecule has 1 aliphatic carbocycles. The van der Waals surface area contributed by atoms with Gasteiger partial charge in [0.15, 0.2) is 0 Å². The highest BCUT2D eigenvalue weighted by Crippen LogP contribution is 2.40. The average molecular weight is 501 g/mol. The molecule has 2 aliphatic heterocycles. The molecule has 2 aromatic rings. The molecule has 1 saturated carbocycles. The second-order valence-corrected chi connectivity index (χ2v) is 11.2. The zero-order valence-electron chi connectivity index (χ0n) is 20.8. The Balaban J connectivity index is 1.44. The molecule has 0 bridgehead atoms. The summed E-state index contributed by atoms with van der Waals surface area (Å²) in [5.41, 5.74) is 4.08. The molecular formula is C26H33ClN4O4. The summed E-state index contributed by atoms with van der Waals surface area (Å²) in [6, 6.07) is 5.48. The largest absolute Gasteiger partial charge is 0.444 e. The highest BCUT2D eigenvalue weighted by molar-refractivity contribution is 6.30. The average Bonchev–Trinajstić information content (AvgIpc) is 3.58. The molecule has 1 atom stereocenters. The van der Waals surface area contributed by atoms with E-state index >= 15 is 0 Å². The minimum Gasteiger partial charge on any atom is -0.444 e. The van der Waals surface area contributed by atoms with Gasteiger partial charge in [0, 0.05) is 37.6 Å². The summed E-state index contributed by atoms with van der Waals surface area (Å²) in [6.07, 6.45) is 2.61. The van der Waals surface area contributed by atoms with E-state index in [-0.39, 0.29) is 18.0 Å². The number of halogens is 1. The maximum atomic E-state index is 13.5. The van der Waals surface area contributed by atoms with Crippen LogP contribution in [0.5, 0.6) is 0 Å². The van der Waals surface area contributed by atoms with Gasteiger partial charge in [-0.2, -0.15) is 5.10 Å². The molecule has 0 N–H and O–H groups in total. The molecule has 3 heterocycles. The standard InChI is InChI=1S/C26H33ClN4O4/c1-26(2,3)35-25(33)31-9-10-34-15-23(31)19-12-18(27)11-17-7-8-30(14-20(17)19)24(32)22-13-21(16-5-6-16)28-29(22)4/h11-13,16,23H,5-10,14-15H2,1-4H3/t23-/m0/s1. The molecule has 8 nitrogen and oxygen atoms in total. The smallest absolute Gasteiger partial charge is 0.410 e. The summed E-state index contributed by atoms with van der Waals surface area (Å²) in [4.78, 5) is 30.1. The van der Waals surface area contributed by atoms with Gasteiger partial charge in [0.25, 0.3) is 5.91 Å². The number of morpholine rings is 1. The predicted octanol–water partition coefficient (Wildman–Crippen LogP) is 4.46. The Morgan fingerprint density at radius 2 is 1.94 bits per heavy atom. The highest BCUT2D eigenvalue weighted by atomic mass is 35.5. The first kappa shape index (κ1) is 24.1. The lowest BCUT2D eigenvalue weighted by atomic mass is 9.90. The van der Waals surface area contributed by atoms with Crippen molar-refractivity contribution in [2.24, 2.45) is 7.05 Å². The van der Waals surface area contributed by atoms with E-state index in [1.54, 1.807) is 9.58 Å². The van der Waals surface area contributed by atoms with E-state index in [9.17, 15) is 9.59 Å². The van der Waals surface area contributed by atoms with Crippen molar-refractivity contribution < 1.29 is 19.1 Å². The lowest BCUT2D eigenvalue weighted by molar-refractivity contribution is -0.0334. The van der Waals surface area contributed by atoms with E-state index in [2.05, 4.69) is 5.10 Å². The summed E-state index contributed by atoms with van der Waals surface area (Å²) in [5, 5.41) is 5.19. The van der Waals surface area contributed by atoms with Crippen molar-refractivity contribution in [2.45, 2.75) is 64.1 Å². The van der Waals surface area contributed by atoms with Gasteiger partial charge in [-0.15, -0.1) is 0 Å². The maximum absolute atomic E-state index is 13.5. The van der Waals surface area contributed by atoms with Crippen molar-refractivity contribution >= 4 is 23.6 Å². The Kier molecular flexibility index (Phi) is 6.30. The van der Waals surface area contributed by atoms with E-state index in [0.717, 1.165) is 35.2 Å². The Hall–Kier alpha value is -2.58. The van der Waals surface area contributed by atoms with Crippen LogP contribution in [0.15, 0.2) is 18.2 Å². The molecule has 2 amide bonds. The number of hydrogen-bond acceptors (Lipinski definition) is 5. The van der Waals surface area contributed by atoms with Crippen LogP contribution < -0.4 is 0 Å². The number of fused-ring (bicyclic) bond motifs is 1. The van der Waals surface area contributed by atoms with Crippen LogP contribution in [0.4, 0.5) is 4.79 Å². The number of amides is 2. The predicted molar refractivity (Wildman–Crippen MR) is 132 cm³/mol. The van der Waals surface area contributed by atoms with Crippen LogP contribution in [0, 0.1) is 0 Å². The first-order chi connectivity index (χ1) is 16.6. The van der Waals surface area contributed by atoms with Crippen LogP contribution in [0.25, 0.3) is 0 Å². The van der Waals surface area contributed by atoms with Crippen molar-refractivity contribution in [2.75, 3.05) is 26.3 Å². The minimum absolute atomic E-state index is 0.0256. The van der Waals surface area contributed by atoms with Crippen LogP contribution >= 0.6 is 11.6 Å². The van der Waals surface area contributed by atoms with Gasteiger partial charge in [-0.25, -0.2) is 4.79 Å². The van der Waals surface area contributed by atoms with Gasteiger partial charge in [-0.3, -0.25) is 14.4 Å². The van der Waals surface area contributed by atoms with Crippen LogP contribution in [0.1, 0.15) is 78.4 Å². The number of hydrogen-bond donors (Lipinski definition) is 0. The first-order valence-corrected chi connectivity index (χ1v) is 12.7. The Labute approximate surface area is 211 Å². The molecule has 188 valence electrons. The van der Waals surface area contributed by atoms with Gasteiger partial charge in [0.05, 0.1) is 24.9 Å². The molecule has 5 rings (SSSR count). The fourth-order valence-corrected chi connectivity index (χ4v) is 5.21. The molecule has 1 aromatic carbocycles. The third-order valence-electron chi connectivity index (χ3n) is 6.86. The fraction of sp³-hybridized carbons (Fsp3) is 0.577. The second kappa shape index (κ2) is 9.13. The Morgan fingerprint density at radius 1 is 1.17 bits per heavy atom. The van der Waals surface area contributed by atoms with E-state index in [1.807, 2.05) is 50.9 Å². The zero-order valence-corrected chi connectivity index (χ0v) is 21.6. The van der Waals surface area contributed by atoms with Gasteiger partial charge in [-0.05, 0) is 74.9 Å². The number of carbonyl (C=O) groups excluding carboxylic acids is 2. The monoisotopic (exact) mass is 500 g/mol. The Morgan fingerprint density at radius 3 is 2.66 bits per heavy atom. The van der Waals surface area contributed by atoms with Crippen molar-refractivity contribution in [3.05, 3.63) is 51.3 Å².